The van der Waals surface area contributed by atoms with Gasteiger partial charge in [-0.3, -0.25) is 9.59 Å². The highest BCUT2D eigenvalue weighted by Gasteiger charge is 2.23. The summed E-state index contributed by atoms with van der Waals surface area (Å²) in [7, 11) is 0. The number of amides is 2. The monoisotopic (exact) mass is 324 g/mol. The first-order valence-electron chi connectivity index (χ1n) is 7.41. The third-order valence-corrected chi connectivity index (χ3v) is 3.21. The van der Waals surface area contributed by atoms with Crippen LogP contribution in [0.3, 0.4) is 0 Å². The van der Waals surface area contributed by atoms with E-state index in [4.69, 9.17) is 5.11 Å². The maximum atomic E-state index is 11.9. The number of phenols is 3. The third kappa shape index (κ3) is 5.69. The molecule has 1 aromatic carbocycles. The zero-order chi connectivity index (χ0) is 17.6. The highest BCUT2D eigenvalue weighted by atomic mass is 16.3. The Bertz CT molecular complexity index is 560. The van der Waals surface area contributed by atoms with Crippen molar-refractivity contribution in [3.63, 3.8) is 0 Å². The lowest BCUT2D eigenvalue weighted by Crippen LogP contribution is -2.34. The van der Waals surface area contributed by atoms with Crippen molar-refractivity contribution in [1.82, 2.24) is 10.2 Å². The summed E-state index contributed by atoms with van der Waals surface area (Å²) in [4.78, 5) is 23.2. The van der Waals surface area contributed by atoms with Crippen molar-refractivity contribution in [2.24, 2.45) is 0 Å². The van der Waals surface area contributed by atoms with Crippen LogP contribution in [0.4, 0.5) is 0 Å². The molecule has 7 nitrogen and oxygen atoms in total. The molecule has 1 aromatic rings. The van der Waals surface area contributed by atoms with Crippen LogP contribution in [0.2, 0.25) is 0 Å². The zero-order valence-corrected chi connectivity index (χ0v) is 13.7. The van der Waals surface area contributed by atoms with E-state index in [2.05, 4.69) is 5.32 Å². The van der Waals surface area contributed by atoms with E-state index in [-0.39, 0.29) is 22.8 Å². The van der Waals surface area contributed by atoms with Gasteiger partial charge in [-0.2, -0.15) is 0 Å². The van der Waals surface area contributed by atoms with Crippen molar-refractivity contribution < 1.29 is 24.9 Å². The van der Waals surface area contributed by atoms with Crippen molar-refractivity contribution in [3.05, 3.63) is 17.7 Å². The van der Waals surface area contributed by atoms with Gasteiger partial charge in [0.05, 0.1) is 5.56 Å². The SMILES string of the molecule is CC(C)(C)NC=O.O=C(c1cc(O)c(O)cc1O)N1CCCC1. The van der Waals surface area contributed by atoms with Crippen molar-refractivity contribution in [1.29, 1.82) is 0 Å². The lowest BCUT2D eigenvalue weighted by Gasteiger charge is -2.16. The molecule has 128 valence electrons. The Labute approximate surface area is 135 Å². The second-order valence-electron chi connectivity index (χ2n) is 6.37. The lowest BCUT2D eigenvalue weighted by atomic mass is 10.1. The molecule has 2 rings (SSSR count). The van der Waals surface area contributed by atoms with E-state index in [1.165, 1.54) is 0 Å². The van der Waals surface area contributed by atoms with Crippen LogP contribution in [0.1, 0.15) is 44.0 Å². The summed E-state index contributed by atoms with van der Waals surface area (Å²) in [5.74, 6) is -1.46. The molecule has 1 heterocycles. The first-order valence-corrected chi connectivity index (χ1v) is 7.41. The molecule has 2 amide bonds. The largest absolute Gasteiger partial charge is 0.507 e. The number of carbonyl (C=O) groups excluding carboxylic acids is 2. The average molecular weight is 324 g/mol. The van der Waals surface area contributed by atoms with Gasteiger partial charge in [0.15, 0.2) is 11.5 Å². The van der Waals surface area contributed by atoms with Crippen LogP contribution < -0.4 is 5.32 Å². The molecule has 0 atom stereocenters. The standard InChI is InChI=1S/C11H13NO4.C5H11NO/c13-8-6-10(15)9(14)5-7(8)11(16)12-3-1-2-4-12;1-5(2,3)6-4-7/h5-6,13-15H,1-4H2;4H,1-3H3,(H,6,7). The molecule has 0 radical (unpaired) electrons. The van der Waals surface area contributed by atoms with Crippen LogP contribution in [-0.4, -0.2) is 51.2 Å². The topological polar surface area (TPSA) is 110 Å². The summed E-state index contributed by atoms with van der Waals surface area (Å²) >= 11 is 0. The van der Waals surface area contributed by atoms with E-state index in [1.54, 1.807) is 4.90 Å². The summed E-state index contributed by atoms with van der Waals surface area (Å²) < 4.78 is 0. The van der Waals surface area contributed by atoms with Gasteiger partial charge in [-0.1, -0.05) is 0 Å². The minimum Gasteiger partial charge on any atom is -0.507 e. The summed E-state index contributed by atoms with van der Waals surface area (Å²) in [5.41, 5.74) is -0.0425. The number of aromatic hydroxyl groups is 3. The quantitative estimate of drug-likeness (QED) is 0.375. The molecule has 23 heavy (non-hydrogen) atoms. The van der Waals surface area contributed by atoms with Crippen LogP contribution in [0, 0.1) is 0 Å². The molecule has 0 aromatic heterocycles. The van der Waals surface area contributed by atoms with Gasteiger partial charge in [0.25, 0.3) is 5.91 Å². The number of hydrogen-bond acceptors (Lipinski definition) is 5. The summed E-state index contributed by atoms with van der Waals surface area (Å²) in [5, 5.41) is 30.6. The van der Waals surface area contributed by atoms with Gasteiger partial charge in [-0.05, 0) is 33.6 Å². The fourth-order valence-electron chi connectivity index (χ4n) is 2.00. The van der Waals surface area contributed by atoms with Gasteiger partial charge in [0.1, 0.15) is 5.75 Å². The number of likely N-dealkylation sites (tertiary alicyclic amines) is 1. The maximum Gasteiger partial charge on any atom is 0.257 e. The third-order valence-electron chi connectivity index (χ3n) is 3.21. The molecule has 7 heteroatoms. The lowest BCUT2D eigenvalue weighted by molar-refractivity contribution is -0.110. The first-order chi connectivity index (χ1) is 10.7. The second kappa shape index (κ2) is 7.71. The molecule has 1 aliphatic rings. The van der Waals surface area contributed by atoms with E-state index in [1.807, 2.05) is 20.8 Å². The van der Waals surface area contributed by atoms with Crippen molar-refractivity contribution in [2.45, 2.75) is 39.2 Å². The Balaban J connectivity index is 0.000000322. The van der Waals surface area contributed by atoms with Crippen LogP contribution in [0.25, 0.3) is 0 Å². The molecule has 4 N–H and O–H groups in total. The highest BCUT2D eigenvalue weighted by molar-refractivity contribution is 5.97. The van der Waals surface area contributed by atoms with Gasteiger partial charge in [-0.15, -0.1) is 0 Å². The molecule has 1 aliphatic heterocycles. The van der Waals surface area contributed by atoms with E-state index in [0.717, 1.165) is 25.0 Å². The maximum absolute atomic E-state index is 11.9. The number of rotatable bonds is 2. The predicted molar refractivity (Wildman–Crippen MR) is 85.5 cm³/mol. The number of benzene rings is 1. The Morgan fingerprint density at radius 2 is 1.61 bits per heavy atom. The number of phenolic OH excluding ortho intramolecular Hbond substituents is 3. The first kappa shape index (κ1) is 18.6. The molecule has 1 saturated heterocycles. The summed E-state index contributed by atoms with van der Waals surface area (Å²) in [6, 6.07) is 2.06. The normalized spacial score (nSPS) is 14.0. The van der Waals surface area contributed by atoms with Gasteiger partial charge >= 0.3 is 0 Å². The van der Waals surface area contributed by atoms with Crippen LogP contribution in [0.5, 0.6) is 17.2 Å². The number of carbonyl (C=O) groups is 2. The molecule has 0 aliphatic carbocycles. The second-order valence-corrected chi connectivity index (χ2v) is 6.37. The number of nitrogens with one attached hydrogen (secondary N) is 1. The molecule has 0 spiro atoms. The van der Waals surface area contributed by atoms with Crippen molar-refractivity contribution >= 4 is 12.3 Å². The molecule has 0 unspecified atom stereocenters. The van der Waals surface area contributed by atoms with Crippen LogP contribution >= 0.6 is 0 Å². The molecule has 0 saturated carbocycles. The fourth-order valence-corrected chi connectivity index (χ4v) is 2.00. The molecule has 1 fully saturated rings. The van der Waals surface area contributed by atoms with E-state index < -0.39 is 11.5 Å². The Kier molecular flexibility index (Phi) is 6.24. The van der Waals surface area contributed by atoms with Gasteiger partial charge < -0.3 is 25.5 Å². The van der Waals surface area contributed by atoms with Crippen molar-refractivity contribution in [2.75, 3.05) is 13.1 Å². The Morgan fingerprint density at radius 1 is 1.09 bits per heavy atom. The van der Waals surface area contributed by atoms with Gasteiger partial charge in [0, 0.05) is 30.8 Å². The van der Waals surface area contributed by atoms with Crippen molar-refractivity contribution in [3.8, 4) is 17.2 Å². The Hall–Kier alpha value is -2.44. The molecular formula is C16H24N2O5. The Morgan fingerprint density at radius 3 is 2.04 bits per heavy atom. The van der Waals surface area contributed by atoms with E-state index in [0.29, 0.717) is 19.5 Å². The minimum atomic E-state index is -0.435. The molecular weight excluding hydrogens is 300 g/mol. The van der Waals surface area contributed by atoms with Gasteiger partial charge in [-0.25, -0.2) is 0 Å². The highest BCUT2D eigenvalue weighted by Crippen LogP contribution is 2.33. The van der Waals surface area contributed by atoms with Crippen LogP contribution in [0.15, 0.2) is 12.1 Å². The molecule has 0 bridgehead atoms. The predicted octanol–water partition coefficient (Wildman–Crippen LogP) is 1.57. The van der Waals surface area contributed by atoms with E-state index >= 15 is 0 Å². The summed E-state index contributed by atoms with van der Waals surface area (Å²) in [6.07, 6.45) is 2.62. The van der Waals surface area contributed by atoms with E-state index in [9.17, 15) is 19.8 Å². The van der Waals surface area contributed by atoms with Gasteiger partial charge in [0.2, 0.25) is 6.41 Å². The zero-order valence-electron chi connectivity index (χ0n) is 13.7. The van der Waals surface area contributed by atoms with Crippen LogP contribution in [-0.2, 0) is 4.79 Å². The number of hydrogen-bond donors (Lipinski definition) is 4. The smallest absolute Gasteiger partial charge is 0.257 e. The summed E-state index contributed by atoms with van der Waals surface area (Å²) in [6.45, 7) is 7.13. The average Bonchev–Trinajstić information content (AvgIpc) is 2.95. The minimum absolute atomic E-state index is 0.0252. The number of nitrogens with zero attached hydrogens (tertiary/aromatic N) is 1. The fraction of sp³-hybridized carbons (Fsp3) is 0.500.